The van der Waals surface area contributed by atoms with E-state index >= 15 is 0 Å². The molecule has 0 saturated heterocycles. The quantitative estimate of drug-likeness (QED) is 0.651. The molecule has 0 fully saturated rings. The molecule has 120 valence electrons. The van der Waals surface area contributed by atoms with Gasteiger partial charge < -0.3 is 10.1 Å². The molecular weight excluding hydrogens is 310 g/mol. The molecule has 1 amide bonds. The van der Waals surface area contributed by atoms with Crippen molar-refractivity contribution in [3.8, 4) is 0 Å². The van der Waals surface area contributed by atoms with Crippen LogP contribution in [0.5, 0.6) is 0 Å². The van der Waals surface area contributed by atoms with E-state index in [1.807, 2.05) is 55.6 Å². The third kappa shape index (κ3) is 5.14. The van der Waals surface area contributed by atoms with Crippen LogP contribution in [0.2, 0.25) is 0 Å². The number of esters is 1. The Balaban J connectivity index is 1.82. The summed E-state index contributed by atoms with van der Waals surface area (Å²) in [6, 6.07) is 16.6. The van der Waals surface area contributed by atoms with Crippen molar-refractivity contribution in [1.82, 2.24) is 5.32 Å². The number of ether oxygens (including phenoxy) is 1. The SMILES string of the molecule is CSc1ccc(C(=O)OCC(=O)N[C@@H](C)c2ccccc2)cc1. The second kappa shape index (κ2) is 8.39. The highest BCUT2D eigenvalue weighted by Crippen LogP contribution is 2.15. The number of thioether (sulfide) groups is 1. The highest BCUT2D eigenvalue weighted by molar-refractivity contribution is 7.98. The molecule has 2 aromatic rings. The Morgan fingerprint density at radius 3 is 2.35 bits per heavy atom. The minimum atomic E-state index is -0.500. The van der Waals surface area contributed by atoms with E-state index in [1.165, 1.54) is 0 Å². The van der Waals surface area contributed by atoms with Crippen LogP contribution in [0.3, 0.4) is 0 Å². The molecule has 1 atom stereocenters. The van der Waals surface area contributed by atoms with E-state index in [0.717, 1.165) is 10.5 Å². The Morgan fingerprint density at radius 2 is 1.74 bits per heavy atom. The third-order valence-electron chi connectivity index (χ3n) is 3.34. The van der Waals surface area contributed by atoms with Crippen molar-refractivity contribution in [2.75, 3.05) is 12.9 Å². The van der Waals surface area contributed by atoms with Crippen molar-refractivity contribution < 1.29 is 14.3 Å². The van der Waals surface area contributed by atoms with Gasteiger partial charge in [-0.25, -0.2) is 4.79 Å². The number of benzene rings is 2. The molecule has 2 aromatic carbocycles. The number of carbonyl (C=O) groups excluding carboxylic acids is 2. The lowest BCUT2D eigenvalue weighted by atomic mass is 10.1. The van der Waals surface area contributed by atoms with E-state index in [2.05, 4.69) is 5.32 Å². The summed E-state index contributed by atoms with van der Waals surface area (Å²) in [4.78, 5) is 24.8. The molecule has 0 aliphatic heterocycles. The molecule has 1 N–H and O–H groups in total. The van der Waals surface area contributed by atoms with Crippen LogP contribution in [0.4, 0.5) is 0 Å². The maximum atomic E-state index is 11.9. The Morgan fingerprint density at radius 1 is 1.09 bits per heavy atom. The highest BCUT2D eigenvalue weighted by Gasteiger charge is 2.13. The Kier molecular flexibility index (Phi) is 6.23. The molecule has 0 bridgehead atoms. The van der Waals surface area contributed by atoms with E-state index in [4.69, 9.17) is 4.74 Å². The summed E-state index contributed by atoms with van der Waals surface area (Å²) in [5.74, 6) is -0.824. The van der Waals surface area contributed by atoms with Crippen LogP contribution >= 0.6 is 11.8 Å². The van der Waals surface area contributed by atoms with Gasteiger partial charge in [0.25, 0.3) is 5.91 Å². The van der Waals surface area contributed by atoms with Gasteiger partial charge in [-0.05, 0) is 43.0 Å². The van der Waals surface area contributed by atoms with Crippen LogP contribution in [0.25, 0.3) is 0 Å². The lowest BCUT2D eigenvalue weighted by Gasteiger charge is -2.14. The molecule has 0 unspecified atom stereocenters. The minimum absolute atomic E-state index is 0.136. The van der Waals surface area contributed by atoms with Crippen LogP contribution in [0.1, 0.15) is 28.9 Å². The zero-order valence-corrected chi connectivity index (χ0v) is 13.9. The molecule has 0 aromatic heterocycles. The molecule has 4 nitrogen and oxygen atoms in total. The van der Waals surface area contributed by atoms with Crippen molar-refractivity contribution in [3.63, 3.8) is 0 Å². The smallest absolute Gasteiger partial charge is 0.338 e. The summed E-state index contributed by atoms with van der Waals surface area (Å²) >= 11 is 1.60. The normalized spacial score (nSPS) is 11.6. The van der Waals surface area contributed by atoms with E-state index in [-0.39, 0.29) is 18.6 Å². The van der Waals surface area contributed by atoms with Crippen molar-refractivity contribution in [2.45, 2.75) is 17.9 Å². The first kappa shape index (κ1) is 17.1. The largest absolute Gasteiger partial charge is 0.452 e. The van der Waals surface area contributed by atoms with E-state index in [9.17, 15) is 9.59 Å². The fraction of sp³-hybridized carbons (Fsp3) is 0.222. The van der Waals surface area contributed by atoms with Gasteiger partial charge in [0.1, 0.15) is 0 Å². The second-order valence-corrected chi connectivity index (χ2v) is 5.88. The first-order chi connectivity index (χ1) is 11.1. The lowest BCUT2D eigenvalue weighted by Crippen LogP contribution is -2.31. The topological polar surface area (TPSA) is 55.4 Å². The van der Waals surface area contributed by atoms with Crippen LogP contribution in [-0.2, 0) is 9.53 Å². The number of hydrogen-bond donors (Lipinski definition) is 1. The van der Waals surface area contributed by atoms with Crippen LogP contribution in [-0.4, -0.2) is 24.7 Å². The summed E-state index contributed by atoms with van der Waals surface area (Å²) in [6.07, 6.45) is 1.96. The lowest BCUT2D eigenvalue weighted by molar-refractivity contribution is -0.124. The molecular formula is C18H19NO3S. The monoisotopic (exact) mass is 329 g/mol. The van der Waals surface area contributed by atoms with E-state index in [0.29, 0.717) is 5.56 Å². The summed E-state index contributed by atoms with van der Waals surface area (Å²) in [5, 5.41) is 2.80. The second-order valence-electron chi connectivity index (χ2n) is 5.00. The predicted octanol–water partition coefficient (Wildman–Crippen LogP) is 3.44. The third-order valence-corrected chi connectivity index (χ3v) is 4.08. The molecule has 23 heavy (non-hydrogen) atoms. The van der Waals surface area contributed by atoms with Crippen molar-refractivity contribution in [3.05, 3.63) is 65.7 Å². The molecule has 0 aliphatic rings. The summed E-state index contributed by atoms with van der Waals surface area (Å²) in [6.45, 7) is 1.59. The van der Waals surface area contributed by atoms with Crippen LogP contribution in [0.15, 0.2) is 59.5 Å². The zero-order chi connectivity index (χ0) is 16.7. The Labute approximate surface area is 140 Å². The first-order valence-corrected chi connectivity index (χ1v) is 8.48. The first-order valence-electron chi connectivity index (χ1n) is 7.25. The van der Waals surface area contributed by atoms with E-state index in [1.54, 1.807) is 23.9 Å². The number of nitrogens with one attached hydrogen (secondary N) is 1. The Bertz CT molecular complexity index is 656. The maximum absolute atomic E-state index is 11.9. The molecule has 0 spiro atoms. The number of carbonyl (C=O) groups is 2. The van der Waals surface area contributed by atoms with Gasteiger partial charge in [-0.15, -0.1) is 11.8 Å². The van der Waals surface area contributed by atoms with Gasteiger partial charge >= 0.3 is 5.97 Å². The van der Waals surface area contributed by atoms with Gasteiger partial charge in [-0.1, -0.05) is 30.3 Å². The molecule has 0 radical (unpaired) electrons. The van der Waals surface area contributed by atoms with Gasteiger partial charge in [0.15, 0.2) is 6.61 Å². The van der Waals surface area contributed by atoms with Gasteiger partial charge in [0, 0.05) is 4.90 Å². The standard InChI is InChI=1S/C18H19NO3S/c1-13(14-6-4-3-5-7-14)19-17(20)12-22-18(21)15-8-10-16(23-2)11-9-15/h3-11,13H,12H2,1-2H3,(H,19,20)/t13-/m0/s1. The van der Waals surface area contributed by atoms with E-state index < -0.39 is 5.97 Å². The van der Waals surface area contributed by atoms with Crippen molar-refractivity contribution in [2.24, 2.45) is 0 Å². The summed E-state index contributed by atoms with van der Waals surface area (Å²) in [5.41, 5.74) is 1.44. The number of hydrogen-bond acceptors (Lipinski definition) is 4. The average Bonchev–Trinajstić information content (AvgIpc) is 2.60. The van der Waals surface area contributed by atoms with Crippen molar-refractivity contribution in [1.29, 1.82) is 0 Å². The van der Waals surface area contributed by atoms with Gasteiger partial charge in [0.2, 0.25) is 0 Å². The molecule has 0 aliphatic carbocycles. The fourth-order valence-electron chi connectivity index (χ4n) is 2.05. The molecule has 5 heteroatoms. The van der Waals surface area contributed by atoms with Gasteiger partial charge in [-0.2, -0.15) is 0 Å². The molecule has 0 saturated carbocycles. The van der Waals surface area contributed by atoms with Crippen LogP contribution < -0.4 is 5.32 Å². The van der Waals surface area contributed by atoms with Gasteiger partial charge in [0.05, 0.1) is 11.6 Å². The summed E-state index contributed by atoms with van der Waals surface area (Å²) in [7, 11) is 0. The average molecular weight is 329 g/mol. The molecule has 2 rings (SSSR count). The number of rotatable bonds is 6. The van der Waals surface area contributed by atoms with Crippen LogP contribution in [0, 0.1) is 0 Å². The fourth-order valence-corrected chi connectivity index (χ4v) is 2.46. The summed E-state index contributed by atoms with van der Waals surface area (Å²) < 4.78 is 5.04. The van der Waals surface area contributed by atoms with Crippen molar-refractivity contribution >= 4 is 23.6 Å². The zero-order valence-electron chi connectivity index (χ0n) is 13.1. The Hall–Kier alpha value is -2.27. The predicted molar refractivity (Wildman–Crippen MR) is 91.5 cm³/mol. The number of amides is 1. The maximum Gasteiger partial charge on any atom is 0.338 e. The minimum Gasteiger partial charge on any atom is -0.452 e. The highest BCUT2D eigenvalue weighted by atomic mass is 32.2. The van der Waals surface area contributed by atoms with Gasteiger partial charge in [-0.3, -0.25) is 4.79 Å². The molecule has 0 heterocycles.